The van der Waals surface area contributed by atoms with Crippen molar-refractivity contribution in [2.75, 3.05) is 14.2 Å². The van der Waals surface area contributed by atoms with Gasteiger partial charge in [-0.05, 0) is 32.1 Å². The standard InChI is InChI=1S/C11H18O3/c1-8(7-11(12)14-3)6-10(13-2)9-4-5-9/h7,9-10H,4-6H2,1-3H3/b8-7+. The van der Waals surface area contributed by atoms with E-state index in [1.165, 1.54) is 26.0 Å². The van der Waals surface area contributed by atoms with Crippen molar-refractivity contribution in [2.24, 2.45) is 5.92 Å². The van der Waals surface area contributed by atoms with Gasteiger partial charge in [-0.1, -0.05) is 5.57 Å². The second kappa shape index (κ2) is 5.15. The number of hydrogen-bond donors (Lipinski definition) is 0. The molecule has 0 bridgehead atoms. The topological polar surface area (TPSA) is 35.5 Å². The molecule has 1 aliphatic carbocycles. The van der Waals surface area contributed by atoms with E-state index in [1.807, 2.05) is 6.92 Å². The van der Waals surface area contributed by atoms with Crippen LogP contribution in [-0.2, 0) is 14.3 Å². The Bertz CT molecular complexity index is 229. The molecule has 1 atom stereocenters. The number of methoxy groups -OCH3 is 2. The molecule has 3 nitrogen and oxygen atoms in total. The zero-order valence-corrected chi connectivity index (χ0v) is 9.08. The molecule has 3 heteroatoms. The van der Waals surface area contributed by atoms with E-state index in [-0.39, 0.29) is 12.1 Å². The smallest absolute Gasteiger partial charge is 0.330 e. The van der Waals surface area contributed by atoms with E-state index in [9.17, 15) is 4.79 Å². The highest BCUT2D eigenvalue weighted by Gasteiger charge is 2.31. The maximum Gasteiger partial charge on any atom is 0.330 e. The molecule has 80 valence electrons. The zero-order valence-electron chi connectivity index (χ0n) is 9.08. The largest absolute Gasteiger partial charge is 0.466 e. The van der Waals surface area contributed by atoms with Gasteiger partial charge in [0.1, 0.15) is 0 Å². The molecule has 0 aromatic heterocycles. The quantitative estimate of drug-likeness (QED) is 0.500. The molecule has 0 saturated heterocycles. The summed E-state index contributed by atoms with van der Waals surface area (Å²) in [5.41, 5.74) is 1.02. The Hall–Kier alpha value is -0.830. The monoisotopic (exact) mass is 198 g/mol. The fourth-order valence-corrected chi connectivity index (χ4v) is 1.55. The molecule has 1 aliphatic rings. The molecule has 14 heavy (non-hydrogen) atoms. The van der Waals surface area contributed by atoms with E-state index in [1.54, 1.807) is 7.11 Å². The SMILES string of the molecule is COC(=O)/C=C(\C)CC(OC)C1CC1. The van der Waals surface area contributed by atoms with Crippen LogP contribution in [0.1, 0.15) is 26.2 Å². The van der Waals surface area contributed by atoms with Gasteiger partial charge in [-0.2, -0.15) is 0 Å². The minimum atomic E-state index is -0.284. The molecule has 0 N–H and O–H groups in total. The van der Waals surface area contributed by atoms with Crippen LogP contribution in [0.4, 0.5) is 0 Å². The van der Waals surface area contributed by atoms with Gasteiger partial charge in [-0.15, -0.1) is 0 Å². The summed E-state index contributed by atoms with van der Waals surface area (Å²) < 4.78 is 9.92. The number of rotatable bonds is 5. The van der Waals surface area contributed by atoms with Crippen molar-refractivity contribution < 1.29 is 14.3 Å². The number of hydrogen-bond acceptors (Lipinski definition) is 3. The Morgan fingerprint density at radius 3 is 2.57 bits per heavy atom. The van der Waals surface area contributed by atoms with Gasteiger partial charge in [0.05, 0.1) is 13.2 Å². The van der Waals surface area contributed by atoms with Crippen LogP contribution in [-0.4, -0.2) is 26.3 Å². The number of carbonyl (C=O) groups is 1. The highest BCUT2D eigenvalue weighted by atomic mass is 16.5. The molecular weight excluding hydrogens is 180 g/mol. The van der Waals surface area contributed by atoms with Crippen molar-refractivity contribution >= 4 is 5.97 Å². The second-order valence-corrected chi connectivity index (χ2v) is 3.83. The predicted octanol–water partition coefficient (Wildman–Crippen LogP) is 1.92. The molecule has 0 heterocycles. The van der Waals surface area contributed by atoms with E-state index in [4.69, 9.17) is 4.74 Å². The van der Waals surface area contributed by atoms with Crippen molar-refractivity contribution in [3.05, 3.63) is 11.6 Å². The van der Waals surface area contributed by atoms with Gasteiger partial charge in [0.15, 0.2) is 0 Å². The molecule has 0 radical (unpaired) electrons. The third kappa shape index (κ3) is 3.50. The summed E-state index contributed by atoms with van der Waals surface area (Å²) in [6, 6.07) is 0. The summed E-state index contributed by atoms with van der Waals surface area (Å²) >= 11 is 0. The Labute approximate surface area is 85.1 Å². The lowest BCUT2D eigenvalue weighted by Crippen LogP contribution is -2.13. The first-order valence-corrected chi connectivity index (χ1v) is 4.95. The summed E-state index contributed by atoms with van der Waals surface area (Å²) in [4.78, 5) is 10.9. The lowest BCUT2D eigenvalue weighted by Gasteiger charge is -2.14. The molecule has 0 aliphatic heterocycles. The van der Waals surface area contributed by atoms with Gasteiger partial charge in [0.2, 0.25) is 0 Å². The van der Waals surface area contributed by atoms with E-state index >= 15 is 0 Å². The minimum Gasteiger partial charge on any atom is -0.466 e. The van der Waals surface area contributed by atoms with Gasteiger partial charge in [-0.25, -0.2) is 4.79 Å². The normalized spacial score (nSPS) is 19.2. The molecule has 0 aromatic rings. The van der Waals surface area contributed by atoms with Gasteiger partial charge in [-0.3, -0.25) is 0 Å². The van der Waals surface area contributed by atoms with E-state index in [2.05, 4.69) is 4.74 Å². The van der Waals surface area contributed by atoms with Crippen LogP contribution in [0.15, 0.2) is 11.6 Å². The summed E-state index contributed by atoms with van der Waals surface area (Å²) in [5.74, 6) is 0.411. The number of carbonyl (C=O) groups excluding carboxylic acids is 1. The number of ether oxygens (including phenoxy) is 2. The van der Waals surface area contributed by atoms with Gasteiger partial charge in [0, 0.05) is 13.2 Å². The molecule has 1 fully saturated rings. The predicted molar refractivity (Wildman–Crippen MR) is 53.9 cm³/mol. The average molecular weight is 198 g/mol. The molecule has 1 saturated carbocycles. The second-order valence-electron chi connectivity index (χ2n) is 3.83. The van der Waals surface area contributed by atoms with Crippen molar-refractivity contribution in [3.8, 4) is 0 Å². The fraction of sp³-hybridized carbons (Fsp3) is 0.727. The summed E-state index contributed by atoms with van der Waals surface area (Å²) in [6.45, 7) is 1.94. The fourth-order valence-electron chi connectivity index (χ4n) is 1.55. The highest BCUT2D eigenvalue weighted by molar-refractivity contribution is 5.82. The first-order chi connectivity index (χ1) is 6.67. The highest BCUT2D eigenvalue weighted by Crippen LogP contribution is 2.36. The first kappa shape index (κ1) is 11.2. The third-order valence-electron chi connectivity index (χ3n) is 2.54. The summed E-state index contributed by atoms with van der Waals surface area (Å²) in [7, 11) is 3.12. The Morgan fingerprint density at radius 1 is 1.50 bits per heavy atom. The number of esters is 1. The van der Waals surface area contributed by atoms with Crippen LogP contribution in [0.25, 0.3) is 0 Å². The Balaban J connectivity index is 2.40. The maximum atomic E-state index is 10.9. The lowest BCUT2D eigenvalue weighted by atomic mass is 10.1. The Morgan fingerprint density at radius 2 is 2.14 bits per heavy atom. The minimum absolute atomic E-state index is 0.274. The van der Waals surface area contributed by atoms with Crippen molar-refractivity contribution in [2.45, 2.75) is 32.3 Å². The van der Waals surface area contributed by atoms with Crippen molar-refractivity contribution in [1.29, 1.82) is 0 Å². The zero-order chi connectivity index (χ0) is 10.6. The van der Waals surface area contributed by atoms with Crippen LogP contribution >= 0.6 is 0 Å². The van der Waals surface area contributed by atoms with E-state index < -0.39 is 0 Å². The van der Waals surface area contributed by atoms with Gasteiger partial charge < -0.3 is 9.47 Å². The molecule has 0 amide bonds. The summed E-state index contributed by atoms with van der Waals surface area (Å²) in [6.07, 6.45) is 5.15. The van der Waals surface area contributed by atoms with Gasteiger partial charge >= 0.3 is 5.97 Å². The van der Waals surface area contributed by atoms with Crippen LogP contribution in [0.5, 0.6) is 0 Å². The molecule has 1 rings (SSSR count). The van der Waals surface area contributed by atoms with E-state index in [0.29, 0.717) is 5.92 Å². The maximum absolute atomic E-state index is 10.9. The van der Waals surface area contributed by atoms with Crippen LogP contribution in [0, 0.1) is 5.92 Å². The van der Waals surface area contributed by atoms with Crippen LogP contribution < -0.4 is 0 Å². The molecular formula is C11H18O3. The first-order valence-electron chi connectivity index (χ1n) is 4.95. The van der Waals surface area contributed by atoms with E-state index in [0.717, 1.165) is 12.0 Å². The molecule has 1 unspecified atom stereocenters. The third-order valence-corrected chi connectivity index (χ3v) is 2.54. The van der Waals surface area contributed by atoms with Crippen LogP contribution in [0.3, 0.4) is 0 Å². The van der Waals surface area contributed by atoms with Gasteiger partial charge in [0.25, 0.3) is 0 Å². The molecule has 0 spiro atoms. The van der Waals surface area contributed by atoms with Crippen LogP contribution in [0.2, 0.25) is 0 Å². The summed E-state index contributed by atoms with van der Waals surface area (Å²) in [5, 5.41) is 0. The molecule has 0 aromatic carbocycles. The Kier molecular flexibility index (Phi) is 4.14. The average Bonchev–Trinajstić information content (AvgIpc) is 2.97. The van der Waals surface area contributed by atoms with Crippen molar-refractivity contribution in [3.63, 3.8) is 0 Å². The lowest BCUT2D eigenvalue weighted by molar-refractivity contribution is -0.134. The van der Waals surface area contributed by atoms with Crippen molar-refractivity contribution in [1.82, 2.24) is 0 Å².